The molecule has 1 aromatic rings. The summed E-state index contributed by atoms with van der Waals surface area (Å²) in [5.74, 6) is 1.88. The van der Waals surface area contributed by atoms with Crippen LogP contribution in [-0.4, -0.2) is 14.8 Å². The normalized spacial score (nSPS) is 28.2. The maximum Gasteiger partial charge on any atom is 0.195 e. The minimum Gasteiger partial charge on any atom is -0.300 e. The summed E-state index contributed by atoms with van der Waals surface area (Å²) in [5.41, 5.74) is 0.351. The van der Waals surface area contributed by atoms with Gasteiger partial charge in [-0.3, -0.25) is 5.10 Å². The molecule has 17 heavy (non-hydrogen) atoms. The average Bonchev–Trinajstić information content (AvgIpc) is 3.04. The Hall–Kier alpha value is -0.640. The summed E-state index contributed by atoms with van der Waals surface area (Å²) in [4.78, 5) is 0. The third kappa shape index (κ3) is 1.96. The van der Waals surface area contributed by atoms with Crippen LogP contribution in [0.25, 0.3) is 0 Å². The lowest BCUT2D eigenvalue weighted by Crippen LogP contribution is -2.31. The Morgan fingerprint density at radius 1 is 1.29 bits per heavy atom. The van der Waals surface area contributed by atoms with Crippen LogP contribution < -0.4 is 0 Å². The lowest BCUT2D eigenvalue weighted by Gasteiger charge is -2.39. The van der Waals surface area contributed by atoms with E-state index in [-0.39, 0.29) is 0 Å². The highest BCUT2D eigenvalue weighted by molar-refractivity contribution is 7.71. The lowest BCUT2D eigenvalue weighted by atomic mass is 9.73. The molecule has 1 unspecified atom stereocenters. The summed E-state index contributed by atoms with van der Waals surface area (Å²) < 4.78 is 3.17. The van der Waals surface area contributed by atoms with E-state index in [0.717, 1.165) is 4.77 Å². The Labute approximate surface area is 108 Å². The van der Waals surface area contributed by atoms with E-state index < -0.39 is 0 Å². The minimum atomic E-state index is 0.351. The zero-order chi connectivity index (χ0) is 12.0. The van der Waals surface area contributed by atoms with Gasteiger partial charge in [0.25, 0.3) is 0 Å². The summed E-state index contributed by atoms with van der Waals surface area (Å²) in [6.07, 6.45) is 7.80. The summed E-state index contributed by atoms with van der Waals surface area (Å²) >= 11 is 5.45. The van der Waals surface area contributed by atoms with Gasteiger partial charge in [-0.25, -0.2) is 0 Å². The minimum absolute atomic E-state index is 0.351. The second kappa shape index (κ2) is 3.94. The number of nitrogens with zero attached hydrogens (tertiary/aromatic N) is 2. The molecule has 1 N–H and O–H groups in total. The largest absolute Gasteiger partial charge is 0.300 e. The van der Waals surface area contributed by atoms with Gasteiger partial charge in [0.1, 0.15) is 5.82 Å². The Balaban J connectivity index is 2.02. The molecule has 4 heteroatoms. The van der Waals surface area contributed by atoms with Crippen LogP contribution in [0.15, 0.2) is 0 Å². The molecule has 2 aliphatic rings. The smallest absolute Gasteiger partial charge is 0.195 e. The second-order valence-electron chi connectivity index (χ2n) is 6.28. The van der Waals surface area contributed by atoms with Crippen molar-refractivity contribution in [1.29, 1.82) is 0 Å². The van der Waals surface area contributed by atoms with E-state index >= 15 is 0 Å². The van der Waals surface area contributed by atoms with Crippen molar-refractivity contribution in [3.8, 4) is 0 Å². The highest BCUT2D eigenvalue weighted by Gasteiger charge is 2.38. The fraction of sp³-hybridized carbons (Fsp3) is 0.846. The van der Waals surface area contributed by atoms with Crippen LogP contribution in [0.3, 0.4) is 0 Å². The van der Waals surface area contributed by atoms with Gasteiger partial charge in [0.15, 0.2) is 4.77 Å². The molecule has 1 aromatic heterocycles. The van der Waals surface area contributed by atoms with Crippen LogP contribution in [-0.2, 0) is 0 Å². The molecule has 94 valence electrons. The zero-order valence-corrected chi connectivity index (χ0v) is 11.5. The average molecular weight is 251 g/mol. The van der Waals surface area contributed by atoms with Crippen molar-refractivity contribution in [2.75, 3.05) is 0 Å². The van der Waals surface area contributed by atoms with E-state index in [4.69, 9.17) is 12.2 Å². The maximum atomic E-state index is 5.45. The van der Waals surface area contributed by atoms with Crippen LogP contribution >= 0.6 is 12.2 Å². The number of aromatic amines is 1. The summed E-state index contributed by atoms with van der Waals surface area (Å²) in [7, 11) is 0. The first-order valence-corrected chi connectivity index (χ1v) is 7.17. The third-order valence-corrected chi connectivity index (χ3v) is 4.72. The summed E-state index contributed by atoms with van der Waals surface area (Å²) in [5, 5.41) is 7.47. The van der Waals surface area contributed by atoms with Crippen molar-refractivity contribution in [2.24, 2.45) is 5.41 Å². The molecule has 3 rings (SSSR count). The first-order valence-electron chi connectivity index (χ1n) is 6.76. The van der Waals surface area contributed by atoms with Gasteiger partial charge in [0.05, 0.1) is 0 Å². The quantitative estimate of drug-likeness (QED) is 0.807. The maximum absolute atomic E-state index is 5.45. The van der Waals surface area contributed by atoms with Crippen molar-refractivity contribution in [2.45, 2.75) is 64.3 Å². The van der Waals surface area contributed by atoms with Gasteiger partial charge in [-0.1, -0.05) is 26.7 Å². The molecule has 0 spiro atoms. The number of H-pyrrole nitrogens is 1. The van der Waals surface area contributed by atoms with Gasteiger partial charge in [-0.05, 0) is 43.3 Å². The SMILES string of the molecule is CC1(C)CCCCC1n1c(C2CC2)n[nH]c1=S. The molecule has 0 aliphatic heterocycles. The van der Waals surface area contributed by atoms with E-state index in [2.05, 4.69) is 28.6 Å². The topological polar surface area (TPSA) is 33.6 Å². The number of aromatic nitrogens is 3. The molecule has 2 aliphatic carbocycles. The Morgan fingerprint density at radius 3 is 2.71 bits per heavy atom. The van der Waals surface area contributed by atoms with Gasteiger partial charge in [-0.2, -0.15) is 5.10 Å². The van der Waals surface area contributed by atoms with E-state index in [1.165, 1.54) is 44.3 Å². The van der Waals surface area contributed by atoms with Crippen molar-refractivity contribution in [1.82, 2.24) is 14.8 Å². The predicted molar refractivity (Wildman–Crippen MR) is 70.7 cm³/mol. The van der Waals surface area contributed by atoms with Crippen molar-refractivity contribution in [3.63, 3.8) is 0 Å². The molecule has 1 atom stereocenters. The molecule has 0 saturated heterocycles. The van der Waals surface area contributed by atoms with Crippen LogP contribution in [0, 0.1) is 10.2 Å². The fourth-order valence-corrected chi connectivity index (χ4v) is 3.47. The van der Waals surface area contributed by atoms with Gasteiger partial charge in [-0.15, -0.1) is 0 Å². The number of hydrogen-bond donors (Lipinski definition) is 1. The number of nitrogens with one attached hydrogen (secondary N) is 1. The zero-order valence-electron chi connectivity index (χ0n) is 10.7. The van der Waals surface area contributed by atoms with Crippen LogP contribution in [0.1, 0.15) is 70.2 Å². The molecule has 3 nitrogen and oxygen atoms in total. The van der Waals surface area contributed by atoms with Gasteiger partial charge in [0, 0.05) is 12.0 Å². The molecule has 0 amide bonds. The first-order chi connectivity index (χ1) is 8.09. The van der Waals surface area contributed by atoms with Crippen molar-refractivity contribution in [3.05, 3.63) is 10.6 Å². The molecular formula is C13H21N3S. The van der Waals surface area contributed by atoms with Crippen LogP contribution in [0.5, 0.6) is 0 Å². The summed E-state index contributed by atoms with van der Waals surface area (Å²) in [6.45, 7) is 4.75. The van der Waals surface area contributed by atoms with Crippen LogP contribution in [0.4, 0.5) is 0 Å². The predicted octanol–water partition coefficient (Wildman–Crippen LogP) is 3.96. The van der Waals surface area contributed by atoms with Crippen LogP contribution in [0.2, 0.25) is 0 Å². The third-order valence-electron chi connectivity index (χ3n) is 4.44. The standard InChI is InChI=1S/C13H21N3S/c1-13(2)8-4-3-5-10(13)16-11(9-6-7-9)14-15-12(16)17/h9-10H,3-8H2,1-2H3,(H,15,17). The van der Waals surface area contributed by atoms with E-state index in [9.17, 15) is 0 Å². The van der Waals surface area contributed by atoms with Gasteiger partial charge < -0.3 is 4.57 Å². The molecule has 0 radical (unpaired) electrons. The Kier molecular flexibility index (Phi) is 2.65. The number of rotatable bonds is 2. The van der Waals surface area contributed by atoms with E-state index in [1.807, 2.05) is 0 Å². The molecule has 0 bridgehead atoms. The second-order valence-corrected chi connectivity index (χ2v) is 6.67. The van der Waals surface area contributed by atoms with Crippen molar-refractivity contribution < 1.29 is 0 Å². The Morgan fingerprint density at radius 2 is 2.06 bits per heavy atom. The molecule has 2 fully saturated rings. The number of hydrogen-bond acceptors (Lipinski definition) is 2. The first kappa shape index (κ1) is 11.5. The highest BCUT2D eigenvalue weighted by Crippen LogP contribution is 2.47. The van der Waals surface area contributed by atoms with E-state index in [0.29, 0.717) is 17.4 Å². The molecule has 2 saturated carbocycles. The Bertz CT molecular complexity index is 467. The highest BCUT2D eigenvalue weighted by atomic mass is 32.1. The van der Waals surface area contributed by atoms with Gasteiger partial charge >= 0.3 is 0 Å². The lowest BCUT2D eigenvalue weighted by molar-refractivity contribution is 0.140. The van der Waals surface area contributed by atoms with E-state index in [1.54, 1.807) is 0 Å². The molecule has 1 heterocycles. The fourth-order valence-electron chi connectivity index (χ4n) is 3.20. The van der Waals surface area contributed by atoms with Crippen molar-refractivity contribution >= 4 is 12.2 Å². The summed E-state index contributed by atoms with van der Waals surface area (Å²) in [6, 6.07) is 0.540. The van der Waals surface area contributed by atoms with Gasteiger partial charge in [0.2, 0.25) is 0 Å². The molecular weight excluding hydrogens is 230 g/mol. The molecule has 0 aromatic carbocycles. The monoisotopic (exact) mass is 251 g/mol.